The van der Waals surface area contributed by atoms with Crippen LogP contribution in [0.25, 0.3) is 0 Å². The van der Waals surface area contributed by atoms with E-state index in [1.165, 1.54) is 21.0 Å². The number of amides is 1. The van der Waals surface area contributed by atoms with E-state index in [9.17, 15) is 24.3 Å². The molecule has 0 aromatic heterocycles. The highest BCUT2D eigenvalue weighted by atomic mass is 16.6. The summed E-state index contributed by atoms with van der Waals surface area (Å²) in [6, 6.07) is 7.38. The van der Waals surface area contributed by atoms with Crippen molar-refractivity contribution < 1.29 is 43.2 Å². The van der Waals surface area contributed by atoms with Crippen LogP contribution in [0.1, 0.15) is 39.7 Å². The molecule has 0 fully saturated rings. The number of aliphatic hydroxyl groups excluding tert-OH is 1. The number of benzene rings is 1. The average molecular weight is 453 g/mol. The smallest absolute Gasteiger partial charge is 0.408 e. The predicted molar refractivity (Wildman–Crippen MR) is 112 cm³/mol. The van der Waals surface area contributed by atoms with E-state index in [-0.39, 0.29) is 12.5 Å². The minimum Gasteiger partial charge on any atom is -0.466 e. The van der Waals surface area contributed by atoms with Crippen LogP contribution in [0, 0.1) is 5.92 Å². The summed E-state index contributed by atoms with van der Waals surface area (Å²) in [7, 11) is 1.17. The maximum absolute atomic E-state index is 12.4. The molecule has 1 aromatic carbocycles. The van der Waals surface area contributed by atoms with E-state index in [0.29, 0.717) is 6.42 Å². The zero-order chi connectivity index (χ0) is 24.3. The van der Waals surface area contributed by atoms with E-state index in [1.807, 2.05) is 13.0 Å². The molecule has 1 amide bonds. The lowest BCUT2D eigenvalue weighted by atomic mass is 10.0. The highest BCUT2D eigenvalue weighted by Gasteiger charge is 2.34. The van der Waals surface area contributed by atoms with Crippen molar-refractivity contribution in [3.8, 4) is 0 Å². The number of alkyl carbamates (subject to hydrolysis) is 1. The zero-order valence-corrected chi connectivity index (χ0v) is 18.9. The number of aliphatic hydroxyl groups is 1. The number of hydrogen-bond donors (Lipinski definition) is 2. The van der Waals surface area contributed by atoms with E-state index in [4.69, 9.17) is 14.2 Å². The van der Waals surface area contributed by atoms with Gasteiger partial charge in [0.05, 0.1) is 13.2 Å². The fraction of sp³-hybridized carbons (Fsp3) is 0.545. The highest BCUT2D eigenvalue weighted by molar-refractivity contribution is 5.86. The number of carbonyl (C=O) groups excluding carboxylic acids is 4. The summed E-state index contributed by atoms with van der Waals surface area (Å²) in [5, 5.41) is 12.1. The lowest BCUT2D eigenvalue weighted by Crippen LogP contribution is -2.50. The molecular formula is C22H31NO9. The molecule has 5 atom stereocenters. The molecule has 0 saturated heterocycles. The van der Waals surface area contributed by atoms with Gasteiger partial charge in [-0.1, -0.05) is 44.2 Å². The number of carbonyl (C=O) groups is 4. The summed E-state index contributed by atoms with van der Waals surface area (Å²) in [5.41, 5.74) is 0.733. The normalized spacial score (nSPS) is 15.3. The molecule has 0 heterocycles. The summed E-state index contributed by atoms with van der Waals surface area (Å²) in [6.07, 6.45) is -4.30. The first-order chi connectivity index (χ1) is 15.1. The van der Waals surface area contributed by atoms with Gasteiger partial charge < -0.3 is 29.4 Å². The second kappa shape index (κ2) is 13.3. The maximum atomic E-state index is 12.4. The Labute approximate surface area is 187 Å². The van der Waals surface area contributed by atoms with Crippen LogP contribution in [-0.2, 0) is 39.9 Å². The molecule has 0 aliphatic rings. The number of ether oxygens (including phenoxy) is 4. The van der Waals surface area contributed by atoms with Gasteiger partial charge in [0.2, 0.25) is 6.10 Å². The molecular weight excluding hydrogens is 422 g/mol. The van der Waals surface area contributed by atoms with Gasteiger partial charge in [0.25, 0.3) is 0 Å². The molecule has 1 rings (SSSR count). The molecule has 0 spiro atoms. The van der Waals surface area contributed by atoms with Crippen LogP contribution in [0.5, 0.6) is 0 Å². The summed E-state index contributed by atoms with van der Waals surface area (Å²) in [6.45, 7) is 6.00. The Morgan fingerprint density at radius 2 is 1.59 bits per heavy atom. The zero-order valence-electron chi connectivity index (χ0n) is 18.9. The Hall–Kier alpha value is -3.14. The Morgan fingerprint density at radius 1 is 0.969 bits per heavy atom. The third-order valence-electron chi connectivity index (χ3n) is 4.68. The quantitative estimate of drug-likeness (QED) is 0.379. The van der Waals surface area contributed by atoms with Crippen LogP contribution < -0.4 is 5.32 Å². The Bertz CT molecular complexity index is 766. The molecule has 2 N–H and O–H groups in total. The summed E-state index contributed by atoms with van der Waals surface area (Å²) in [4.78, 5) is 48.6. The molecule has 32 heavy (non-hydrogen) atoms. The van der Waals surface area contributed by atoms with Gasteiger partial charge in [-0.15, -0.1) is 0 Å². The largest absolute Gasteiger partial charge is 0.466 e. The minimum atomic E-state index is -1.49. The second-order valence-corrected chi connectivity index (χ2v) is 7.27. The van der Waals surface area contributed by atoms with Crippen molar-refractivity contribution in [3.63, 3.8) is 0 Å². The predicted octanol–water partition coefficient (Wildman–Crippen LogP) is 1.72. The van der Waals surface area contributed by atoms with Crippen molar-refractivity contribution in [3.05, 3.63) is 35.9 Å². The van der Waals surface area contributed by atoms with Gasteiger partial charge >= 0.3 is 24.0 Å². The van der Waals surface area contributed by atoms with Gasteiger partial charge in [0.1, 0.15) is 6.61 Å². The molecule has 10 heteroatoms. The Balaban J connectivity index is 2.68. The van der Waals surface area contributed by atoms with Crippen molar-refractivity contribution >= 4 is 24.0 Å². The highest BCUT2D eigenvalue weighted by Crippen LogP contribution is 2.15. The lowest BCUT2D eigenvalue weighted by molar-refractivity contribution is -0.180. The first kappa shape index (κ1) is 26.9. The van der Waals surface area contributed by atoms with Crippen LogP contribution in [0.4, 0.5) is 4.79 Å². The third kappa shape index (κ3) is 8.54. The first-order valence-electron chi connectivity index (χ1n) is 10.2. The minimum absolute atomic E-state index is 0.0402. The van der Waals surface area contributed by atoms with E-state index < -0.39 is 48.4 Å². The fourth-order valence-electron chi connectivity index (χ4n) is 2.51. The second-order valence-electron chi connectivity index (χ2n) is 7.27. The van der Waals surface area contributed by atoms with Crippen LogP contribution in [0.2, 0.25) is 0 Å². The number of esters is 3. The molecule has 2 unspecified atom stereocenters. The molecule has 0 bridgehead atoms. The fourth-order valence-corrected chi connectivity index (χ4v) is 2.51. The topological polar surface area (TPSA) is 137 Å². The Kier molecular flexibility index (Phi) is 11.2. The van der Waals surface area contributed by atoms with Crippen molar-refractivity contribution in [1.29, 1.82) is 0 Å². The number of hydrogen-bond acceptors (Lipinski definition) is 9. The maximum Gasteiger partial charge on any atom is 0.408 e. The molecule has 1 aromatic rings. The summed E-state index contributed by atoms with van der Waals surface area (Å²) < 4.78 is 19.9. The first-order valence-corrected chi connectivity index (χ1v) is 10.2. The summed E-state index contributed by atoms with van der Waals surface area (Å²) >= 11 is 0. The van der Waals surface area contributed by atoms with Gasteiger partial charge in [-0.05, 0) is 25.8 Å². The molecule has 178 valence electrons. The standard InChI is InChI=1S/C22H31NO9/c1-6-13(2)18(21(27)29-5)32-19(25)15(4)31-20(26)17(14(3)24)23-22(28)30-12-16-10-8-7-9-11-16/h7-11,13-15,17-18,24H,6,12H2,1-5H3,(H,23,28)/t13?,14?,15-,17-,18-/m0/s1. The van der Waals surface area contributed by atoms with E-state index >= 15 is 0 Å². The number of rotatable bonds is 11. The molecule has 0 saturated carbocycles. The van der Waals surface area contributed by atoms with Crippen molar-refractivity contribution in [2.24, 2.45) is 5.92 Å². The SMILES string of the molecule is CCC(C)[C@H](OC(=O)[C@H](C)OC(=O)[C@@H](NC(=O)OCc1ccccc1)C(C)O)C(=O)OC. The van der Waals surface area contributed by atoms with Crippen molar-refractivity contribution in [2.45, 2.75) is 65.1 Å². The average Bonchev–Trinajstić information content (AvgIpc) is 2.78. The molecule has 10 nitrogen and oxygen atoms in total. The third-order valence-corrected chi connectivity index (χ3v) is 4.68. The van der Waals surface area contributed by atoms with Gasteiger partial charge in [0.15, 0.2) is 12.1 Å². The van der Waals surface area contributed by atoms with E-state index in [2.05, 4.69) is 10.1 Å². The van der Waals surface area contributed by atoms with Gasteiger partial charge in [0, 0.05) is 5.92 Å². The molecule has 0 radical (unpaired) electrons. The van der Waals surface area contributed by atoms with Crippen LogP contribution in [0.15, 0.2) is 30.3 Å². The lowest BCUT2D eigenvalue weighted by Gasteiger charge is -2.24. The van der Waals surface area contributed by atoms with Gasteiger partial charge in [-0.2, -0.15) is 0 Å². The molecule has 0 aliphatic heterocycles. The molecule has 0 aliphatic carbocycles. The Morgan fingerprint density at radius 3 is 2.12 bits per heavy atom. The van der Waals surface area contributed by atoms with E-state index in [0.717, 1.165) is 5.56 Å². The van der Waals surface area contributed by atoms with Crippen LogP contribution >= 0.6 is 0 Å². The van der Waals surface area contributed by atoms with Gasteiger partial charge in [-0.3, -0.25) is 0 Å². The van der Waals surface area contributed by atoms with Crippen molar-refractivity contribution in [2.75, 3.05) is 7.11 Å². The number of methoxy groups -OCH3 is 1. The summed E-state index contributed by atoms with van der Waals surface area (Å²) in [5.74, 6) is -3.08. The van der Waals surface area contributed by atoms with Crippen LogP contribution in [-0.4, -0.2) is 60.6 Å². The van der Waals surface area contributed by atoms with E-state index in [1.54, 1.807) is 31.2 Å². The van der Waals surface area contributed by atoms with Crippen LogP contribution in [0.3, 0.4) is 0 Å². The number of nitrogens with one attached hydrogen (secondary N) is 1. The van der Waals surface area contributed by atoms with Gasteiger partial charge in [-0.25, -0.2) is 19.2 Å². The van der Waals surface area contributed by atoms with Crippen molar-refractivity contribution in [1.82, 2.24) is 5.32 Å². The monoisotopic (exact) mass is 453 g/mol.